The van der Waals surface area contributed by atoms with Gasteiger partial charge >= 0.3 is 5.69 Å². The van der Waals surface area contributed by atoms with Crippen molar-refractivity contribution in [1.29, 1.82) is 0 Å². The van der Waals surface area contributed by atoms with Gasteiger partial charge in [-0.1, -0.05) is 0 Å². The van der Waals surface area contributed by atoms with Crippen LogP contribution in [0.3, 0.4) is 0 Å². The Kier molecular flexibility index (Phi) is 3.83. The van der Waals surface area contributed by atoms with Crippen LogP contribution in [0.5, 0.6) is 0 Å². The number of rotatable bonds is 4. The van der Waals surface area contributed by atoms with Gasteiger partial charge in [-0.25, -0.2) is 9.48 Å². The first-order valence-corrected chi connectivity index (χ1v) is 6.10. The SMILES string of the molecule is CCn1cccc(NC(=O)Cn2ncn(C)c2=O)c1=O. The molecular formula is C12H15N5O3. The van der Waals surface area contributed by atoms with Crippen LogP contribution in [0.2, 0.25) is 0 Å². The van der Waals surface area contributed by atoms with Gasteiger partial charge in [-0.2, -0.15) is 5.10 Å². The lowest BCUT2D eigenvalue weighted by Crippen LogP contribution is -2.31. The average molecular weight is 277 g/mol. The van der Waals surface area contributed by atoms with Gasteiger partial charge in [0.2, 0.25) is 5.91 Å². The highest BCUT2D eigenvalue weighted by molar-refractivity contribution is 5.90. The maximum Gasteiger partial charge on any atom is 0.345 e. The van der Waals surface area contributed by atoms with Gasteiger partial charge in [0.15, 0.2) is 0 Å². The second kappa shape index (κ2) is 5.55. The molecule has 106 valence electrons. The van der Waals surface area contributed by atoms with Crippen molar-refractivity contribution in [2.45, 2.75) is 20.0 Å². The fourth-order valence-corrected chi connectivity index (χ4v) is 1.74. The van der Waals surface area contributed by atoms with Crippen molar-refractivity contribution < 1.29 is 4.79 Å². The summed E-state index contributed by atoms with van der Waals surface area (Å²) in [6.45, 7) is 2.11. The summed E-state index contributed by atoms with van der Waals surface area (Å²) in [6.07, 6.45) is 2.96. The number of hydrogen-bond donors (Lipinski definition) is 1. The van der Waals surface area contributed by atoms with E-state index in [4.69, 9.17) is 0 Å². The van der Waals surface area contributed by atoms with Crippen molar-refractivity contribution in [2.24, 2.45) is 7.05 Å². The van der Waals surface area contributed by atoms with Crippen LogP contribution in [0.25, 0.3) is 0 Å². The maximum atomic E-state index is 11.9. The van der Waals surface area contributed by atoms with Crippen molar-refractivity contribution in [3.8, 4) is 0 Å². The summed E-state index contributed by atoms with van der Waals surface area (Å²) in [5, 5.41) is 6.26. The second-order valence-electron chi connectivity index (χ2n) is 4.24. The van der Waals surface area contributed by atoms with Crippen molar-refractivity contribution in [3.63, 3.8) is 0 Å². The van der Waals surface area contributed by atoms with Gasteiger partial charge in [0.1, 0.15) is 18.6 Å². The molecule has 0 bridgehead atoms. The van der Waals surface area contributed by atoms with Crippen LogP contribution in [-0.4, -0.2) is 24.8 Å². The highest BCUT2D eigenvalue weighted by atomic mass is 16.2. The number of aromatic nitrogens is 4. The van der Waals surface area contributed by atoms with E-state index in [9.17, 15) is 14.4 Å². The predicted octanol–water partition coefficient (Wildman–Crippen LogP) is -0.598. The second-order valence-corrected chi connectivity index (χ2v) is 4.24. The van der Waals surface area contributed by atoms with Gasteiger partial charge in [0, 0.05) is 19.8 Å². The molecule has 0 atom stereocenters. The molecule has 0 aromatic carbocycles. The highest BCUT2D eigenvalue weighted by Crippen LogP contribution is 1.98. The Balaban J connectivity index is 2.15. The summed E-state index contributed by atoms with van der Waals surface area (Å²) in [5.74, 6) is -0.475. The molecule has 2 aromatic heterocycles. The summed E-state index contributed by atoms with van der Waals surface area (Å²) >= 11 is 0. The Morgan fingerprint density at radius 3 is 2.75 bits per heavy atom. The monoisotopic (exact) mass is 277 g/mol. The molecule has 0 aliphatic carbocycles. The lowest BCUT2D eigenvalue weighted by molar-refractivity contribution is -0.117. The fraction of sp³-hybridized carbons (Fsp3) is 0.333. The Labute approximate surface area is 114 Å². The van der Waals surface area contributed by atoms with Crippen LogP contribution in [0.1, 0.15) is 6.92 Å². The number of hydrogen-bond acceptors (Lipinski definition) is 4. The number of nitrogens with zero attached hydrogens (tertiary/aromatic N) is 4. The summed E-state index contributed by atoms with van der Waals surface area (Å²) in [6, 6.07) is 3.20. The third kappa shape index (κ3) is 2.68. The van der Waals surface area contributed by atoms with Gasteiger partial charge in [-0.15, -0.1) is 0 Å². The van der Waals surface area contributed by atoms with Gasteiger partial charge in [0.05, 0.1) is 0 Å². The lowest BCUT2D eigenvalue weighted by Gasteiger charge is -2.07. The molecule has 20 heavy (non-hydrogen) atoms. The smallest absolute Gasteiger partial charge is 0.320 e. The van der Waals surface area contributed by atoms with Gasteiger partial charge in [0.25, 0.3) is 5.56 Å². The molecule has 0 saturated heterocycles. The molecule has 8 nitrogen and oxygen atoms in total. The summed E-state index contributed by atoms with van der Waals surface area (Å²) in [5.41, 5.74) is -0.487. The van der Waals surface area contributed by atoms with Crippen LogP contribution in [0.4, 0.5) is 5.69 Å². The molecule has 0 aliphatic heterocycles. The molecule has 2 heterocycles. The number of nitrogens with one attached hydrogen (secondary N) is 1. The largest absolute Gasteiger partial charge is 0.345 e. The standard InChI is InChI=1S/C12H15N5O3/c1-3-16-6-4-5-9(11(16)19)14-10(18)7-17-12(20)15(2)8-13-17/h4-6,8H,3,7H2,1-2H3,(H,14,18). The Bertz CT molecular complexity index is 740. The molecule has 0 aliphatic rings. The zero-order valence-electron chi connectivity index (χ0n) is 11.2. The minimum absolute atomic E-state index is 0.184. The zero-order valence-corrected chi connectivity index (χ0v) is 11.2. The first-order valence-electron chi connectivity index (χ1n) is 6.10. The van der Waals surface area contributed by atoms with Crippen molar-refractivity contribution in [3.05, 3.63) is 45.5 Å². The van der Waals surface area contributed by atoms with Crippen LogP contribution >= 0.6 is 0 Å². The number of carbonyl (C=O) groups excluding carboxylic acids is 1. The van der Waals surface area contributed by atoms with E-state index in [1.807, 2.05) is 6.92 Å². The molecule has 1 amide bonds. The van der Waals surface area contributed by atoms with Gasteiger partial charge in [-0.3, -0.25) is 14.2 Å². The minimum atomic E-state index is -0.475. The quantitative estimate of drug-likeness (QED) is 0.808. The van der Waals surface area contributed by atoms with Crippen LogP contribution in [-0.2, 0) is 24.9 Å². The van der Waals surface area contributed by atoms with Crippen LogP contribution in [0.15, 0.2) is 34.2 Å². The number of aryl methyl sites for hydroxylation is 2. The van der Waals surface area contributed by atoms with Crippen molar-refractivity contribution >= 4 is 11.6 Å². The number of pyridine rings is 1. The molecule has 8 heteroatoms. The van der Waals surface area contributed by atoms with Crippen molar-refractivity contribution in [1.82, 2.24) is 18.9 Å². The molecule has 0 fully saturated rings. The lowest BCUT2D eigenvalue weighted by atomic mass is 10.4. The minimum Gasteiger partial charge on any atom is -0.320 e. The normalized spacial score (nSPS) is 10.5. The predicted molar refractivity (Wildman–Crippen MR) is 72.5 cm³/mol. The average Bonchev–Trinajstić information content (AvgIpc) is 2.73. The third-order valence-corrected chi connectivity index (χ3v) is 2.82. The van der Waals surface area contributed by atoms with E-state index in [0.717, 1.165) is 4.68 Å². The fourth-order valence-electron chi connectivity index (χ4n) is 1.74. The molecule has 0 unspecified atom stereocenters. The van der Waals surface area contributed by atoms with Crippen LogP contribution in [0, 0.1) is 0 Å². The molecular weight excluding hydrogens is 262 g/mol. The first kappa shape index (κ1) is 13.8. The van der Waals surface area contributed by atoms with E-state index >= 15 is 0 Å². The van der Waals surface area contributed by atoms with E-state index in [-0.39, 0.29) is 23.5 Å². The van der Waals surface area contributed by atoms with E-state index in [1.165, 1.54) is 21.5 Å². The molecule has 2 aromatic rings. The van der Waals surface area contributed by atoms with E-state index in [1.54, 1.807) is 19.3 Å². The van der Waals surface area contributed by atoms with Gasteiger partial charge in [-0.05, 0) is 19.1 Å². The van der Waals surface area contributed by atoms with Gasteiger partial charge < -0.3 is 9.88 Å². The third-order valence-electron chi connectivity index (χ3n) is 2.82. The Morgan fingerprint density at radius 2 is 2.15 bits per heavy atom. The maximum absolute atomic E-state index is 11.9. The Morgan fingerprint density at radius 1 is 1.40 bits per heavy atom. The zero-order chi connectivity index (χ0) is 14.7. The summed E-state index contributed by atoms with van der Waals surface area (Å²) < 4.78 is 3.76. The van der Waals surface area contributed by atoms with E-state index in [0.29, 0.717) is 6.54 Å². The van der Waals surface area contributed by atoms with Crippen LogP contribution < -0.4 is 16.6 Å². The molecule has 0 spiro atoms. The summed E-state index contributed by atoms with van der Waals surface area (Å²) in [7, 11) is 1.54. The number of anilines is 1. The summed E-state index contributed by atoms with van der Waals surface area (Å²) in [4.78, 5) is 35.3. The topological polar surface area (TPSA) is 90.9 Å². The van der Waals surface area contributed by atoms with Crippen molar-refractivity contribution in [2.75, 3.05) is 5.32 Å². The number of amides is 1. The Hall–Kier alpha value is -2.64. The molecule has 1 N–H and O–H groups in total. The number of carbonyl (C=O) groups is 1. The van der Waals surface area contributed by atoms with E-state index in [2.05, 4.69) is 10.4 Å². The van der Waals surface area contributed by atoms with E-state index < -0.39 is 5.91 Å². The molecule has 0 saturated carbocycles. The highest BCUT2D eigenvalue weighted by Gasteiger charge is 2.10. The molecule has 0 radical (unpaired) electrons. The molecule has 2 rings (SSSR count). The first-order chi connectivity index (χ1) is 9.52.